The molecule has 1 aromatic heterocycles. The second-order valence-corrected chi connectivity index (χ2v) is 8.18. The van der Waals surface area contributed by atoms with Crippen molar-refractivity contribution >= 4 is 31.5 Å². The molecule has 21 heavy (non-hydrogen) atoms. The van der Waals surface area contributed by atoms with E-state index >= 15 is 0 Å². The number of halogens is 2. The van der Waals surface area contributed by atoms with Crippen molar-refractivity contribution in [3.05, 3.63) is 34.7 Å². The van der Waals surface area contributed by atoms with Gasteiger partial charge in [-0.2, -0.15) is 5.10 Å². The zero-order valence-corrected chi connectivity index (χ0v) is 13.4. The van der Waals surface area contributed by atoms with E-state index < -0.39 is 9.84 Å². The van der Waals surface area contributed by atoms with Crippen molar-refractivity contribution in [3.63, 3.8) is 0 Å². The molecule has 1 aliphatic heterocycles. The van der Waals surface area contributed by atoms with E-state index in [1.165, 1.54) is 6.07 Å². The molecule has 1 unspecified atom stereocenters. The molecule has 2 aromatic rings. The van der Waals surface area contributed by atoms with Gasteiger partial charge in [0.15, 0.2) is 9.84 Å². The van der Waals surface area contributed by atoms with Crippen LogP contribution < -0.4 is 5.73 Å². The van der Waals surface area contributed by atoms with Crippen LogP contribution in [-0.4, -0.2) is 29.7 Å². The van der Waals surface area contributed by atoms with Crippen LogP contribution in [0.15, 0.2) is 28.9 Å². The van der Waals surface area contributed by atoms with Crippen LogP contribution >= 0.6 is 15.9 Å². The molecular weight excluding hydrogens is 361 g/mol. The van der Waals surface area contributed by atoms with Crippen LogP contribution in [0.1, 0.15) is 12.5 Å². The maximum Gasteiger partial charge on any atom is 0.152 e. The number of hydrogen-bond acceptors (Lipinski definition) is 4. The monoisotopic (exact) mass is 373 g/mol. The van der Waals surface area contributed by atoms with Crippen molar-refractivity contribution in [2.45, 2.75) is 12.5 Å². The molecule has 5 nitrogen and oxygen atoms in total. The van der Waals surface area contributed by atoms with Crippen LogP contribution in [0.2, 0.25) is 0 Å². The molecule has 1 fully saturated rings. The van der Waals surface area contributed by atoms with Gasteiger partial charge in [-0.05, 0) is 40.5 Å². The molecule has 0 spiro atoms. The third-order valence-electron chi connectivity index (χ3n) is 3.54. The Hall–Kier alpha value is -1.41. The number of anilines is 1. The summed E-state index contributed by atoms with van der Waals surface area (Å²) < 4.78 is 38.3. The summed E-state index contributed by atoms with van der Waals surface area (Å²) in [6.45, 7) is 0. The number of nitrogen functional groups attached to an aromatic ring is 1. The summed E-state index contributed by atoms with van der Waals surface area (Å²) in [7, 11) is -2.98. The van der Waals surface area contributed by atoms with Crippen molar-refractivity contribution < 1.29 is 12.8 Å². The normalized spacial score (nSPS) is 20.8. The fourth-order valence-electron chi connectivity index (χ4n) is 2.44. The van der Waals surface area contributed by atoms with Gasteiger partial charge in [0.05, 0.1) is 27.7 Å². The quantitative estimate of drug-likeness (QED) is 0.876. The van der Waals surface area contributed by atoms with Gasteiger partial charge in [0.2, 0.25) is 0 Å². The number of benzene rings is 1. The molecule has 1 aromatic carbocycles. The molecule has 1 saturated heterocycles. The zero-order chi connectivity index (χ0) is 15.2. The topological polar surface area (TPSA) is 78.0 Å². The molecular formula is C13H13BrFN3O2S. The van der Waals surface area contributed by atoms with Gasteiger partial charge in [-0.1, -0.05) is 0 Å². The van der Waals surface area contributed by atoms with E-state index in [1.54, 1.807) is 23.0 Å². The van der Waals surface area contributed by atoms with Crippen LogP contribution in [0.5, 0.6) is 0 Å². The van der Waals surface area contributed by atoms with Crippen molar-refractivity contribution in [2.75, 3.05) is 17.2 Å². The molecule has 2 N–H and O–H groups in total. The third-order valence-corrected chi connectivity index (χ3v) is 5.89. The number of nitrogens with zero attached hydrogens (tertiary/aromatic N) is 2. The van der Waals surface area contributed by atoms with Crippen LogP contribution in [-0.2, 0) is 9.84 Å². The van der Waals surface area contributed by atoms with Gasteiger partial charge in [-0.25, -0.2) is 12.8 Å². The predicted octanol–water partition coefficient (Wildman–Crippen LogP) is 2.39. The third kappa shape index (κ3) is 2.82. The standard InChI is InChI=1S/C13H13BrFN3O2S/c14-10-5-8(1-2-11(10)15)13-12(16)6-18(17-13)9-3-4-21(19,20)7-9/h1-2,5-6,9H,3-4,7,16H2. The SMILES string of the molecule is Nc1cn(C2CCS(=O)(=O)C2)nc1-c1ccc(F)c(Br)c1. The van der Waals surface area contributed by atoms with Gasteiger partial charge in [-0.3, -0.25) is 4.68 Å². The highest BCUT2D eigenvalue weighted by molar-refractivity contribution is 9.10. The highest BCUT2D eigenvalue weighted by Crippen LogP contribution is 2.31. The Morgan fingerprint density at radius 1 is 1.43 bits per heavy atom. The Balaban J connectivity index is 1.96. The van der Waals surface area contributed by atoms with Crippen LogP contribution in [0.25, 0.3) is 11.3 Å². The maximum atomic E-state index is 13.3. The van der Waals surface area contributed by atoms with Gasteiger partial charge in [0, 0.05) is 11.8 Å². The lowest BCUT2D eigenvalue weighted by molar-refractivity contribution is 0.501. The average Bonchev–Trinajstić information content (AvgIpc) is 2.96. The molecule has 1 atom stereocenters. The van der Waals surface area contributed by atoms with Gasteiger partial charge >= 0.3 is 0 Å². The van der Waals surface area contributed by atoms with Gasteiger partial charge in [-0.15, -0.1) is 0 Å². The van der Waals surface area contributed by atoms with Crippen molar-refractivity contribution in [1.82, 2.24) is 9.78 Å². The number of hydrogen-bond donors (Lipinski definition) is 1. The lowest BCUT2D eigenvalue weighted by Crippen LogP contribution is -2.11. The first-order valence-electron chi connectivity index (χ1n) is 6.36. The predicted molar refractivity (Wildman–Crippen MR) is 82.0 cm³/mol. The first kappa shape index (κ1) is 14.5. The minimum absolute atomic E-state index is 0.0840. The van der Waals surface area contributed by atoms with Crippen molar-refractivity contribution in [1.29, 1.82) is 0 Å². The van der Waals surface area contributed by atoms with Crippen LogP contribution in [0.4, 0.5) is 10.1 Å². The fourth-order valence-corrected chi connectivity index (χ4v) is 4.53. The number of aromatic nitrogens is 2. The summed E-state index contributed by atoms with van der Waals surface area (Å²) in [6.07, 6.45) is 2.17. The van der Waals surface area contributed by atoms with E-state index in [9.17, 15) is 12.8 Å². The molecule has 0 aliphatic carbocycles. The summed E-state index contributed by atoms with van der Waals surface area (Å²) in [5.41, 5.74) is 7.61. The van der Waals surface area contributed by atoms with E-state index in [4.69, 9.17) is 5.73 Å². The number of nitrogens with two attached hydrogens (primary N) is 1. The second-order valence-electron chi connectivity index (χ2n) is 5.10. The molecule has 0 amide bonds. The maximum absolute atomic E-state index is 13.3. The van der Waals surface area contributed by atoms with E-state index in [0.29, 0.717) is 27.8 Å². The highest BCUT2D eigenvalue weighted by Gasteiger charge is 2.30. The number of rotatable bonds is 2. The van der Waals surface area contributed by atoms with Crippen LogP contribution in [0.3, 0.4) is 0 Å². The van der Waals surface area contributed by atoms with Gasteiger partial charge < -0.3 is 5.73 Å². The fraction of sp³-hybridized carbons (Fsp3) is 0.308. The first-order valence-corrected chi connectivity index (χ1v) is 8.97. The molecule has 0 saturated carbocycles. The summed E-state index contributed by atoms with van der Waals surface area (Å²) in [4.78, 5) is 0. The van der Waals surface area contributed by atoms with E-state index in [2.05, 4.69) is 21.0 Å². The zero-order valence-electron chi connectivity index (χ0n) is 11.0. The Kier molecular flexibility index (Phi) is 3.53. The molecule has 112 valence electrons. The lowest BCUT2D eigenvalue weighted by Gasteiger charge is -2.07. The summed E-state index contributed by atoms with van der Waals surface area (Å²) in [5.74, 6) is -0.103. The Labute approximate surface area is 130 Å². The van der Waals surface area contributed by atoms with Gasteiger partial charge in [0.25, 0.3) is 0 Å². The first-order chi connectivity index (χ1) is 9.85. The molecule has 3 rings (SSSR count). The summed E-state index contributed by atoms with van der Waals surface area (Å²) in [6, 6.07) is 4.34. The highest BCUT2D eigenvalue weighted by atomic mass is 79.9. The number of sulfone groups is 1. The molecule has 8 heteroatoms. The summed E-state index contributed by atoms with van der Waals surface area (Å²) in [5, 5.41) is 4.38. The Morgan fingerprint density at radius 2 is 2.19 bits per heavy atom. The van der Waals surface area contributed by atoms with Gasteiger partial charge in [0.1, 0.15) is 11.5 Å². The van der Waals surface area contributed by atoms with Crippen molar-refractivity contribution in [2.24, 2.45) is 0 Å². The molecule has 1 aliphatic rings. The molecule has 0 radical (unpaired) electrons. The molecule has 0 bridgehead atoms. The Bertz CT molecular complexity index is 804. The van der Waals surface area contributed by atoms with E-state index in [1.807, 2.05) is 0 Å². The Morgan fingerprint density at radius 3 is 2.81 bits per heavy atom. The molecule has 2 heterocycles. The van der Waals surface area contributed by atoms with Crippen LogP contribution in [0, 0.1) is 5.82 Å². The summed E-state index contributed by atoms with van der Waals surface area (Å²) >= 11 is 3.13. The second kappa shape index (κ2) is 5.10. The minimum Gasteiger partial charge on any atom is -0.396 e. The lowest BCUT2D eigenvalue weighted by atomic mass is 10.1. The average molecular weight is 374 g/mol. The smallest absolute Gasteiger partial charge is 0.152 e. The van der Waals surface area contributed by atoms with E-state index in [0.717, 1.165) is 0 Å². The van der Waals surface area contributed by atoms with E-state index in [-0.39, 0.29) is 23.4 Å². The minimum atomic E-state index is -2.98. The largest absolute Gasteiger partial charge is 0.396 e. The van der Waals surface area contributed by atoms with Crippen molar-refractivity contribution in [3.8, 4) is 11.3 Å².